The van der Waals surface area contributed by atoms with Crippen LogP contribution in [0.15, 0.2) is 69.9 Å². The first-order valence-electron chi connectivity index (χ1n) is 9.18. The fraction of sp³-hybridized carbons (Fsp3) is 0.273. The van der Waals surface area contributed by atoms with Crippen molar-refractivity contribution in [3.63, 3.8) is 0 Å². The van der Waals surface area contributed by atoms with Crippen molar-refractivity contribution in [2.24, 2.45) is 0 Å². The van der Waals surface area contributed by atoms with Crippen LogP contribution in [0.3, 0.4) is 0 Å². The van der Waals surface area contributed by atoms with E-state index in [0.717, 1.165) is 31.3 Å². The van der Waals surface area contributed by atoms with Crippen molar-refractivity contribution in [3.8, 4) is 5.75 Å². The zero-order chi connectivity index (χ0) is 18.6. The van der Waals surface area contributed by atoms with Crippen LogP contribution in [-0.2, 0) is 4.79 Å². The maximum Gasteiger partial charge on any atom is 0.336 e. The van der Waals surface area contributed by atoms with Crippen LogP contribution in [0.25, 0.3) is 11.0 Å². The SMILES string of the molecule is O=C(COc1ccc2ccc(=O)oc2c1)N1CCC(c2ccccc2)CC1. The fourth-order valence-corrected chi connectivity index (χ4v) is 3.55. The van der Waals surface area contributed by atoms with Gasteiger partial charge in [-0.05, 0) is 42.5 Å². The highest BCUT2D eigenvalue weighted by molar-refractivity contribution is 5.79. The minimum absolute atomic E-state index is 0.0153. The molecule has 1 aliphatic heterocycles. The van der Waals surface area contributed by atoms with Crippen LogP contribution in [0.2, 0.25) is 0 Å². The van der Waals surface area contributed by atoms with Gasteiger partial charge in [0.05, 0.1) is 0 Å². The number of amides is 1. The Bertz CT molecular complexity index is 988. The average Bonchev–Trinajstić information content (AvgIpc) is 2.72. The second-order valence-electron chi connectivity index (χ2n) is 6.81. The second kappa shape index (κ2) is 7.66. The Kier molecular flexibility index (Phi) is 4.92. The number of rotatable bonds is 4. The molecular formula is C22H21NO4. The lowest BCUT2D eigenvalue weighted by molar-refractivity contribution is -0.134. The summed E-state index contributed by atoms with van der Waals surface area (Å²) in [6.45, 7) is 1.47. The zero-order valence-corrected chi connectivity index (χ0v) is 15.0. The van der Waals surface area contributed by atoms with Gasteiger partial charge in [-0.25, -0.2) is 4.79 Å². The summed E-state index contributed by atoms with van der Waals surface area (Å²) in [6.07, 6.45) is 1.94. The maximum atomic E-state index is 12.5. The minimum atomic E-state index is -0.406. The summed E-state index contributed by atoms with van der Waals surface area (Å²) < 4.78 is 10.8. The molecule has 5 heteroatoms. The summed E-state index contributed by atoms with van der Waals surface area (Å²) in [5.74, 6) is 1.01. The number of likely N-dealkylation sites (tertiary alicyclic amines) is 1. The van der Waals surface area contributed by atoms with Crippen molar-refractivity contribution in [3.05, 3.63) is 76.6 Å². The van der Waals surface area contributed by atoms with E-state index in [9.17, 15) is 9.59 Å². The first kappa shape index (κ1) is 17.3. The molecule has 0 radical (unpaired) electrons. The molecule has 0 atom stereocenters. The number of benzene rings is 2. The van der Waals surface area contributed by atoms with Gasteiger partial charge in [-0.1, -0.05) is 30.3 Å². The molecule has 27 heavy (non-hydrogen) atoms. The second-order valence-corrected chi connectivity index (χ2v) is 6.81. The van der Waals surface area contributed by atoms with Gasteiger partial charge in [-0.3, -0.25) is 4.79 Å². The Morgan fingerprint density at radius 2 is 1.78 bits per heavy atom. The van der Waals surface area contributed by atoms with Crippen LogP contribution in [0.5, 0.6) is 5.75 Å². The summed E-state index contributed by atoms with van der Waals surface area (Å²) in [4.78, 5) is 25.6. The van der Waals surface area contributed by atoms with Crippen molar-refractivity contribution < 1.29 is 13.9 Å². The first-order chi connectivity index (χ1) is 13.2. The number of piperidine rings is 1. The number of ether oxygens (including phenoxy) is 1. The van der Waals surface area contributed by atoms with Gasteiger partial charge >= 0.3 is 5.63 Å². The molecule has 1 fully saturated rings. The van der Waals surface area contributed by atoms with E-state index in [1.54, 1.807) is 18.2 Å². The van der Waals surface area contributed by atoms with Crippen LogP contribution in [-0.4, -0.2) is 30.5 Å². The van der Waals surface area contributed by atoms with E-state index in [0.29, 0.717) is 17.3 Å². The molecule has 1 saturated heterocycles. The van der Waals surface area contributed by atoms with Gasteiger partial charge in [0.1, 0.15) is 11.3 Å². The molecule has 0 aliphatic carbocycles. The van der Waals surface area contributed by atoms with Crippen LogP contribution in [0.1, 0.15) is 24.3 Å². The van der Waals surface area contributed by atoms with Crippen molar-refractivity contribution >= 4 is 16.9 Å². The smallest absolute Gasteiger partial charge is 0.336 e. The van der Waals surface area contributed by atoms with Gasteiger partial charge in [0.25, 0.3) is 5.91 Å². The number of carbonyl (C=O) groups is 1. The molecule has 0 spiro atoms. The molecule has 0 saturated carbocycles. The highest BCUT2D eigenvalue weighted by atomic mass is 16.5. The predicted octanol–water partition coefficient (Wildman–Crippen LogP) is 3.58. The molecular weight excluding hydrogens is 342 g/mol. The highest BCUT2D eigenvalue weighted by Gasteiger charge is 2.23. The quantitative estimate of drug-likeness (QED) is 0.665. The molecule has 0 bridgehead atoms. The van der Waals surface area contributed by atoms with E-state index in [1.165, 1.54) is 11.6 Å². The lowest BCUT2D eigenvalue weighted by Gasteiger charge is -2.32. The van der Waals surface area contributed by atoms with E-state index in [2.05, 4.69) is 24.3 Å². The van der Waals surface area contributed by atoms with Gasteiger partial charge in [0.2, 0.25) is 0 Å². The average molecular weight is 363 g/mol. The minimum Gasteiger partial charge on any atom is -0.484 e. The number of hydrogen-bond donors (Lipinski definition) is 0. The third-order valence-corrected chi connectivity index (χ3v) is 5.08. The lowest BCUT2D eigenvalue weighted by Crippen LogP contribution is -2.40. The molecule has 138 valence electrons. The van der Waals surface area contributed by atoms with Gasteiger partial charge < -0.3 is 14.1 Å². The van der Waals surface area contributed by atoms with Crippen molar-refractivity contribution in [2.75, 3.05) is 19.7 Å². The molecule has 1 aromatic heterocycles. The summed E-state index contributed by atoms with van der Waals surface area (Å²) in [7, 11) is 0. The van der Waals surface area contributed by atoms with Crippen molar-refractivity contribution in [1.82, 2.24) is 4.90 Å². The van der Waals surface area contributed by atoms with E-state index < -0.39 is 5.63 Å². The van der Waals surface area contributed by atoms with E-state index in [4.69, 9.17) is 9.15 Å². The summed E-state index contributed by atoms with van der Waals surface area (Å²) in [5, 5.41) is 0.816. The highest BCUT2D eigenvalue weighted by Crippen LogP contribution is 2.28. The van der Waals surface area contributed by atoms with Gasteiger partial charge in [-0.2, -0.15) is 0 Å². The molecule has 1 aliphatic rings. The normalized spacial score (nSPS) is 15.0. The third kappa shape index (κ3) is 4.03. The molecule has 2 heterocycles. The van der Waals surface area contributed by atoms with Crippen LogP contribution >= 0.6 is 0 Å². The van der Waals surface area contributed by atoms with Gasteiger partial charge in [0.15, 0.2) is 6.61 Å². The van der Waals surface area contributed by atoms with Crippen LogP contribution in [0.4, 0.5) is 0 Å². The Morgan fingerprint density at radius 1 is 1.04 bits per heavy atom. The first-order valence-corrected chi connectivity index (χ1v) is 9.18. The molecule has 2 aromatic carbocycles. The lowest BCUT2D eigenvalue weighted by atomic mass is 9.89. The maximum absolute atomic E-state index is 12.5. The van der Waals surface area contributed by atoms with Crippen LogP contribution < -0.4 is 10.4 Å². The number of carbonyl (C=O) groups excluding carboxylic acids is 1. The Morgan fingerprint density at radius 3 is 2.56 bits per heavy atom. The van der Waals surface area contributed by atoms with Gasteiger partial charge in [0, 0.05) is 30.6 Å². The summed E-state index contributed by atoms with van der Waals surface area (Å²) in [5.41, 5.74) is 1.40. The molecule has 4 rings (SSSR count). The summed E-state index contributed by atoms with van der Waals surface area (Å²) >= 11 is 0. The summed E-state index contributed by atoms with van der Waals surface area (Å²) in [6, 6.07) is 18.8. The van der Waals surface area contributed by atoms with E-state index in [-0.39, 0.29) is 12.5 Å². The topological polar surface area (TPSA) is 59.8 Å². The standard InChI is InChI=1S/C22H21NO4/c24-21(23-12-10-17(11-13-23)16-4-2-1-3-5-16)15-26-19-8-6-18-7-9-22(25)27-20(18)14-19/h1-9,14,17H,10-13,15H2. The number of hydrogen-bond acceptors (Lipinski definition) is 4. The van der Waals surface area contributed by atoms with Crippen LogP contribution in [0, 0.1) is 0 Å². The Hall–Kier alpha value is -3.08. The predicted molar refractivity (Wildman–Crippen MR) is 103 cm³/mol. The number of fused-ring (bicyclic) bond motifs is 1. The van der Waals surface area contributed by atoms with E-state index >= 15 is 0 Å². The molecule has 1 amide bonds. The Balaban J connectivity index is 1.33. The third-order valence-electron chi connectivity index (χ3n) is 5.08. The molecule has 0 unspecified atom stereocenters. The molecule has 0 N–H and O–H groups in total. The molecule has 3 aromatic rings. The van der Waals surface area contributed by atoms with Crippen molar-refractivity contribution in [1.29, 1.82) is 0 Å². The zero-order valence-electron chi connectivity index (χ0n) is 15.0. The Labute approximate surface area is 157 Å². The van der Waals surface area contributed by atoms with E-state index in [1.807, 2.05) is 17.0 Å². The number of nitrogens with zero attached hydrogens (tertiary/aromatic N) is 1. The van der Waals surface area contributed by atoms with Gasteiger partial charge in [-0.15, -0.1) is 0 Å². The fourth-order valence-electron chi connectivity index (χ4n) is 3.55. The largest absolute Gasteiger partial charge is 0.484 e. The van der Waals surface area contributed by atoms with Crippen molar-refractivity contribution in [2.45, 2.75) is 18.8 Å². The monoisotopic (exact) mass is 363 g/mol. The molecule has 5 nitrogen and oxygen atoms in total.